The summed E-state index contributed by atoms with van der Waals surface area (Å²) in [5.41, 5.74) is 0.808. The van der Waals surface area contributed by atoms with Crippen LogP contribution >= 0.6 is 0 Å². The molecule has 0 bridgehead atoms. The number of hydrogen-bond acceptors (Lipinski definition) is 3. The van der Waals surface area contributed by atoms with Crippen molar-refractivity contribution in [2.24, 2.45) is 0 Å². The number of imidazole rings is 1. The number of pyridine rings is 1. The van der Waals surface area contributed by atoms with Gasteiger partial charge in [-0.15, -0.1) is 13.2 Å². The van der Waals surface area contributed by atoms with Gasteiger partial charge in [0.2, 0.25) is 0 Å². The number of alkyl halides is 3. The fourth-order valence-corrected chi connectivity index (χ4v) is 2.05. The summed E-state index contributed by atoms with van der Waals surface area (Å²) in [4.78, 5) is 15.9. The molecular formula is C15H10F3N3O2. The molecule has 0 aliphatic heterocycles. The zero-order valence-corrected chi connectivity index (χ0v) is 11.6. The van der Waals surface area contributed by atoms with Crippen molar-refractivity contribution in [1.29, 1.82) is 0 Å². The van der Waals surface area contributed by atoms with Gasteiger partial charge in [-0.3, -0.25) is 9.36 Å². The Bertz CT molecular complexity index is 853. The Morgan fingerprint density at radius 1 is 1.00 bits per heavy atom. The van der Waals surface area contributed by atoms with Crippen LogP contribution in [-0.2, 0) is 0 Å². The lowest BCUT2D eigenvalue weighted by atomic mass is 10.3. The lowest BCUT2D eigenvalue weighted by molar-refractivity contribution is -0.274. The average molecular weight is 321 g/mol. The Labute approximate surface area is 128 Å². The number of aromatic nitrogens is 3. The van der Waals surface area contributed by atoms with E-state index in [1.54, 1.807) is 35.6 Å². The first-order valence-corrected chi connectivity index (χ1v) is 6.50. The maximum Gasteiger partial charge on any atom is 0.573 e. The molecule has 0 N–H and O–H groups in total. The smallest absolute Gasteiger partial charge is 0.406 e. The highest BCUT2D eigenvalue weighted by Crippen LogP contribution is 2.23. The van der Waals surface area contributed by atoms with E-state index in [2.05, 4.69) is 9.72 Å². The first kappa shape index (κ1) is 14.9. The molecule has 0 aliphatic rings. The Balaban J connectivity index is 1.95. The highest BCUT2D eigenvalue weighted by Gasteiger charge is 2.30. The van der Waals surface area contributed by atoms with E-state index in [0.717, 1.165) is 12.1 Å². The third-order valence-electron chi connectivity index (χ3n) is 3.05. The molecule has 0 aliphatic carbocycles. The number of rotatable bonds is 3. The fourth-order valence-electron chi connectivity index (χ4n) is 2.05. The quantitative estimate of drug-likeness (QED) is 0.745. The molecule has 0 saturated carbocycles. The van der Waals surface area contributed by atoms with E-state index in [9.17, 15) is 18.0 Å². The van der Waals surface area contributed by atoms with Gasteiger partial charge in [0.05, 0.1) is 12.0 Å². The largest absolute Gasteiger partial charge is 0.573 e. The summed E-state index contributed by atoms with van der Waals surface area (Å²) in [6.07, 6.45) is 1.71. The van der Waals surface area contributed by atoms with Crippen LogP contribution in [-0.4, -0.2) is 20.5 Å². The van der Waals surface area contributed by atoms with Gasteiger partial charge in [-0.25, -0.2) is 4.98 Å². The molecule has 3 rings (SSSR count). The lowest BCUT2D eigenvalue weighted by Crippen LogP contribution is -2.18. The van der Waals surface area contributed by atoms with Crippen LogP contribution in [0.2, 0.25) is 0 Å². The summed E-state index contributed by atoms with van der Waals surface area (Å²) in [5, 5.41) is 0. The molecule has 5 nitrogen and oxygen atoms in total. The van der Waals surface area contributed by atoms with Crippen molar-refractivity contribution in [3.05, 3.63) is 71.7 Å². The van der Waals surface area contributed by atoms with Crippen molar-refractivity contribution in [1.82, 2.24) is 14.1 Å². The highest BCUT2D eigenvalue weighted by molar-refractivity contribution is 5.40. The van der Waals surface area contributed by atoms with E-state index < -0.39 is 6.36 Å². The molecule has 3 aromatic rings. The molecule has 118 valence electrons. The Morgan fingerprint density at radius 3 is 2.30 bits per heavy atom. The van der Waals surface area contributed by atoms with Crippen LogP contribution in [0, 0.1) is 0 Å². The van der Waals surface area contributed by atoms with Crippen molar-refractivity contribution in [3.8, 4) is 17.1 Å². The van der Waals surface area contributed by atoms with Gasteiger partial charge in [0.1, 0.15) is 5.75 Å². The molecule has 0 saturated heterocycles. The van der Waals surface area contributed by atoms with Gasteiger partial charge in [0.15, 0.2) is 0 Å². The molecular weight excluding hydrogens is 311 g/mol. The zero-order chi connectivity index (χ0) is 16.4. The van der Waals surface area contributed by atoms with E-state index in [1.807, 2.05) is 0 Å². The van der Waals surface area contributed by atoms with Crippen LogP contribution in [0.4, 0.5) is 13.2 Å². The van der Waals surface area contributed by atoms with Crippen LogP contribution in [0.15, 0.2) is 66.1 Å². The second-order valence-corrected chi connectivity index (χ2v) is 4.61. The van der Waals surface area contributed by atoms with Crippen LogP contribution in [0.1, 0.15) is 0 Å². The molecule has 8 heteroatoms. The van der Waals surface area contributed by atoms with Crippen LogP contribution in [0.25, 0.3) is 11.4 Å². The first-order chi connectivity index (χ1) is 10.9. The standard InChI is InChI=1S/C15H10F3N3O2/c16-15(17,18)23-13-4-1-11(2-5-13)21-9-12(3-6-14(21)22)20-8-7-19-10-20/h1-10H. The van der Waals surface area contributed by atoms with Gasteiger partial charge < -0.3 is 9.30 Å². The average Bonchev–Trinajstić information content (AvgIpc) is 3.01. The van der Waals surface area contributed by atoms with Crippen LogP contribution in [0.3, 0.4) is 0 Å². The maximum atomic E-state index is 12.2. The molecule has 2 heterocycles. The van der Waals surface area contributed by atoms with E-state index in [1.165, 1.54) is 22.8 Å². The summed E-state index contributed by atoms with van der Waals surface area (Å²) in [6, 6.07) is 8.05. The second-order valence-electron chi connectivity index (χ2n) is 4.61. The number of halogens is 3. The number of nitrogens with zero attached hydrogens (tertiary/aromatic N) is 3. The van der Waals surface area contributed by atoms with Gasteiger partial charge in [0, 0.05) is 30.3 Å². The second kappa shape index (κ2) is 5.64. The summed E-state index contributed by atoms with van der Waals surface area (Å²) >= 11 is 0. The van der Waals surface area contributed by atoms with Gasteiger partial charge in [-0.1, -0.05) is 0 Å². The molecule has 0 amide bonds. The third-order valence-corrected chi connectivity index (χ3v) is 3.05. The molecule has 0 spiro atoms. The minimum atomic E-state index is -4.75. The van der Waals surface area contributed by atoms with Gasteiger partial charge in [-0.2, -0.15) is 0 Å². The summed E-state index contributed by atoms with van der Waals surface area (Å²) in [5.74, 6) is -0.347. The van der Waals surface area contributed by atoms with E-state index >= 15 is 0 Å². The van der Waals surface area contributed by atoms with E-state index in [4.69, 9.17) is 0 Å². The molecule has 23 heavy (non-hydrogen) atoms. The SMILES string of the molecule is O=c1ccc(-n2ccnc2)cn1-c1ccc(OC(F)(F)F)cc1. The van der Waals surface area contributed by atoms with Crippen LogP contribution in [0.5, 0.6) is 5.75 Å². The fraction of sp³-hybridized carbons (Fsp3) is 0.0667. The van der Waals surface area contributed by atoms with Crippen molar-refractivity contribution in [3.63, 3.8) is 0 Å². The minimum Gasteiger partial charge on any atom is -0.406 e. The van der Waals surface area contributed by atoms with Crippen molar-refractivity contribution >= 4 is 0 Å². The molecule has 0 atom stereocenters. The Morgan fingerprint density at radius 2 is 1.70 bits per heavy atom. The van der Waals surface area contributed by atoms with E-state index in [0.29, 0.717) is 11.4 Å². The molecule has 0 fully saturated rings. The lowest BCUT2D eigenvalue weighted by Gasteiger charge is -2.11. The Kier molecular flexibility index (Phi) is 3.65. The van der Waals surface area contributed by atoms with Crippen molar-refractivity contribution in [2.45, 2.75) is 6.36 Å². The molecule has 0 unspecified atom stereocenters. The maximum absolute atomic E-state index is 12.2. The highest BCUT2D eigenvalue weighted by atomic mass is 19.4. The summed E-state index contributed by atoms with van der Waals surface area (Å²) in [7, 11) is 0. The predicted octanol–water partition coefficient (Wildman–Crippen LogP) is 2.92. The van der Waals surface area contributed by atoms with Gasteiger partial charge >= 0.3 is 6.36 Å². The summed E-state index contributed by atoms with van der Waals surface area (Å²) in [6.45, 7) is 0. The first-order valence-electron chi connectivity index (χ1n) is 6.50. The minimum absolute atomic E-state index is 0.307. The molecule has 2 aromatic heterocycles. The van der Waals surface area contributed by atoms with Crippen LogP contribution < -0.4 is 10.3 Å². The number of hydrogen-bond donors (Lipinski definition) is 0. The third kappa shape index (κ3) is 3.42. The Hall–Kier alpha value is -3.03. The monoisotopic (exact) mass is 321 g/mol. The number of ether oxygens (including phenoxy) is 1. The summed E-state index contributed by atoms with van der Waals surface area (Å²) < 4.78 is 43.3. The predicted molar refractivity (Wildman–Crippen MR) is 75.8 cm³/mol. The molecule has 0 radical (unpaired) electrons. The van der Waals surface area contributed by atoms with Gasteiger partial charge in [0.25, 0.3) is 5.56 Å². The van der Waals surface area contributed by atoms with Crippen molar-refractivity contribution in [2.75, 3.05) is 0 Å². The topological polar surface area (TPSA) is 49.0 Å². The van der Waals surface area contributed by atoms with Gasteiger partial charge in [-0.05, 0) is 30.3 Å². The number of benzene rings is 1. The zero-order valence-electron chi connectivity index (χ0n) is 11.6. The van der Waals surface area contributed by atoms with Crippen molar-refractivity contribution < 1.29 is 17.9 Å². The molecule has 1 aromatic carbocycles. The van der Waals surface area contributed by atoms with E-state index in [-0.39, 0.29) is 11.3 Å². The normalized spacial score (nSPS) is 11.4.